The predicted octanol–water partition coefficient (Wildman–Crippen LogP) is 6.63. The summed E-state index contributed by atoms with van der Waals surface area (Å²) in [5.41, 5.74) is 7.19. The first-order valence-corrected chi connectivity index (χ1v) is 11.3. The Morgan fingerprint density at radius 1 is 1.31 bits per heavy atom. The van der Waals surface area contributed by atoms with Crippen LogP contribution in [0.1, 0.15) is 51.8 Å². The number of likely N-dealkylation sites (tertiary alicyclic amines) is 1. The summed E-state index contributed by atoms with van der Waals surface area (Å²) in [6.45, 7) is 22.3. The Bertz CT molecular complexity index is 783. The molecule has 2 heterocycles. The Morgan fingerprint density at radius 2 is 2.00 bits per heavy atom. The van der Waals surface area contributed by atoms with Gasteiger partial charge < -0.3 is 10.2 Å². The fourth-order valence-corrected chi connectivity index (χ4v) is 4.30. The zero-order valence-electron chi connectivity index (χ0n) is 18.8. The normalized spacial score (nSPS) is 16.2. The molecule has 0 amide bonds. The molecule has 1 aliphatic rings. The Labute approximate surface area is 181 Å². The molecule has 3 nitrogen and oxygen atoms in total. The van der Waals surface area contributed by atoms with Gasteiger partial charge in [0.1, 0.15) is 0 Å². The third-order valence-electron chi connectivity index (χ3n) is 5.02. The van der Waals surface area contributed by atoms with Crippen molar-refractivity contribution in [1.29, 1.82) is 0 Å². The zero-order chi connectivity index (χ0) is 21.4. The van der Waals surface area contributed by atoms with E-state index >= 15 is 0 Å². The van der Waals surface area contributed by atoms with E-state index in [4.69, 9.17) is 0 Å². The maximum absolute atomic E-state index is 4.26. The number of nitrogens with one attached hydrogen (secondary N) is 1. The summed E-state index contributed by atoms with van der Waals surface area (Å²) in [5, 5.41) is 3.08. The van der Waals surface area contributed by atoms with Crippen LogP contribution in [0.4, 0.5) is 0 Å². The monoisotopic (exact) mass is 411 g/mol. The van der Waals surface area contributed by atoms with Crippen LogP contribution in [-0.2, 0) is 6.54 Å². The number of thiazole rings is 1. The number of allylic oxidation sites excluding steroid dienone is 1. The number of nitrogens with zero attached hydrogens (tertiary/aromatic N) is 2. The Kier molecular flexibility index (Phi) is 8.51. The molecule has 0 saturated carbocycles. The number of aryl methyl sites for hydroxylation is 1. The van der Waals surface area contributed by atoms with Gasteiger partial charge in [0.15, 0.2) is 0 Å². The second kappa shape index (κ2) is 10.6. The standard InChI is InChI=1S/C13H14N2S.C12H23N/c1-3-14-8-11-4-6-12(7-5-11)13-10(2)15-9-16-13;1-10-6-7-13(9-10)11(2)8-12(3,4)5/h3-7,9,14H,1,8H2,2H3;10H,2,6-9H2,1,3-5H3. The van der Waals surface area contributed by atoms with Gasteiger partial charge in [-0.25, -0.2) is 4.98 Å². The largest absolute Gasteiger partial charge is 0.387 e. The first kappa shape index (κ1) is 23.2. The maximum Gasteiger partial charge on any atom is 0.0801 e. The van der Waals surface area contributed by atoms with E-state index in [0.29, 0.717) is 5.41 Å². The van der Waals surface area contributed by atoms with Crippen molar-refractivity contribution in [1.82, 2.24) is 15.2 Å². The van der Waals surface area contributed by atoms with Crippen LogP contribution < -0.4 is 5.32 Å². The molecule has 0 spiro atoms. The molecule has 1 aromatic heterocycles. The van der Waals surface area contributed by atoms with Crippen LogP contribution >= 0.6 is 11.3 Å². The molecule has 2 aromatic rings. The van der Waals surface area contributed by atoms with Crippen LogP contribution in [0, 0.1) is 18.3 Å². The molecule has 1 N–H and O–H groups in total. The van der Waals surface area contributed by atoms with E-state index in [1.54, 1.807) is 17.5 Å². The van der Waals surface area contributed by atoms with Gasteiger partial charge in [-0.1, -0.05) is 65.1 Å². The molecule has 0 radical (unpaired) electrons. The summed E-state index contributed by atoms with van der Waals surface area (Å²) < 4.78 is 0. The van der Waals surface area contributed by atoms with E-state index in [1.807, 2.05) is 12.4 Å². The molecule has 3 rings (SSSR count). The molecular formula is C25H37N3S. The van der Waals surface area contributed by atoms with Crippen LogP contribution in [-0.4, -0.2) is 23.0 Å². The van der Waals surface area contributed by atoms with Crippen molar-refractivity contribution in [3.63, 3.8) is 0 Å². The van der Waals surface area contributed by atoms with E-state index in [9.17, 15) is 0 Å². The lowest BCUT2D eigenvalue weighted by Gasteiger charge is -2.27. The Balaban J connectivity index is 0.000000212. The molecule has 1 aliphatic heterocycles. The molecule has 0 bridgehead atoms. The van der Waals surface area contributed by atoms with Gasteiger partial charge in [-0.15, -0.1) is 11.3 Å². The summed E-state index contributed by atoms with van der Waals surface area (Å²) in [6, 6.07) is 8.54. The van der Waals surface area contributed by atoms with Crippen molar-refractivity contribution in [3.8, 4) is 10.4 Å². The van der Waals surface area contributed by atoms with Crippen molar-refractivity contribution in [2.45, 2.75) is 54.0 Å². The first-order chi connectivity index (χ1) is 13.7. The van der Waals surface area contributed by atoms with E-state index in [2.05, 4.69) is 80.3 Å². The van der Waals surface area contributed by atoms with Crippen LogP contribution in [0.3, 0.4) is 0 Å². The first-order valence-electron chi connectivity index (χ1n) is 10.5. The van der Waals surface area contributed by atoms with E-state index in [1.165, 1.54) is 41.2 Å². The van der Waals surface area contributed by atoms with Crippen molar-refractivity contribution in [2.75, 3.05) is 13.1 Å². The lowest BCUT2D eigenvalue weighted by atomic mass is 9.90. The summed E-state index contributed by atoms with van der Waals surface area (Å²) in [5.74, 6) is 0.858. The van der Waals surface area contributed by atoms with Gasteiger partial charge in [0, 0.05) is 25.3 Å². The minimum absolute atomic E-state index is 0.378. The van der Waals surface area contributed by atoms with Crippen LogP contribution in [0.5, 0.6) is 0 Å². The fourth-order valence-electron chi connectivity index (χ4n) is 3.49. The lowest BCUT2D eigenvalue weighted by Crippen LogP contribution is -2.22. The van der Waals surface area contributed by atoms with Gasteiger partial charge in [0.25, 0.3) is 0 Å². The smallest absolute Gasteiger partial charge is 0.0801 e. The highest BCUT2D eigenvalue weighted by Gasteiger charge is 2.22. The number of rotatable bonds is 6. The van der Waals surface area contributed by atoms with Gasteiger partial charge >= 0.3 is 0 Å². The average Bonchev–Trinajstić information content (AvgIpc) is 3.28. The van der Waals surface area contributed by atoms with Crippen molar-refractivity contribution in [3.05, 3.63) is 66.1 Å². The molecular weight excluding hydrogens is 374 g/mol. The topological polar surface area (TPSA) is 28.2 Å². The summed E-state index contributed by atoms with van der Waals surface area (Å²) in [4.78, 5) is 7.97. The fraction of sp³-hybridized carbons (Fsp3) is 0.480. The summed E-state index contributed by atoms with van der Waals surface area (Å²) in [6.07, 6.45) is 4.17. The molecule has 1 saturated heterocycles. The molecule has 158 valence electrons. The quantitative estimate of drug-likeness (QED) is 0.578. The van der Waals surface area contributed by atoms with Crippen LogP contribution in [0.15, 0.2) is 54.8 Å². The average molecular weight is 412 g/mol. The van der Waals surface area contributed by atoms with Crippen LogP contribution in [0.2, 0.25) is 0 Å². The van der Waals surface area contributed by atoms with E-state index < -0.39 is 0 Å². The van der Waals surface area contributed by atoms with Gasteiger partial charge in [0.2, 0.25) is 0 Å². The highest BCUT2D eigenvalue weighted by Crippen LogP contribution is 2.29. The summed E-state index contributed by atoms with van der Waals surface area (Å²) >= 11 is 1.68. The zero-order valence-corrected chi connectivity index (χ0v) is 19.6. The predicted molar refractivity (Wildman–Crippen MR) is 128 cm³/mol. The van der Waals surface area contributed by atoms with Crippen LogP contribution in [0.25, 0.3) is 10.4 Å². The SMILES string of the molecule is C=C(CC(C)(C)C)N1CCC(C)C1.C=CNCc1ccc(-c2scnc2C)cc1. The number of aromatic nitrogens is 1. The van der Waals surface area contributed by atoms with Gasteiger partial charge in [0.05, 0.1) is 16.1 Å². The third kappa shape index (κ3) is 7.69. The van der Waals surface area contributed by atoms with E-state index in [0.717, 1.165) is 24.6 Å². The minimum Gasteiger partial charge on any atom is -0.387 e. The maximum atomic E-state index is 4.26. The highest BCUT2D eigenvalue weighted by molar-refractivity contribution is 7.13. The third-order valence-corrected chi connectivity index (χ3v) is 6.00. The van der Waals surface area contributed by atoms with Gasteiger partial charge in [-0.05, 0) is 48.4 Å². The van der Waals surface area contributed by atoms with Crippen molar-refractivity contribution >= 4 is 11.3 Å². The highest BCUT2D eigenvalue weighted by atomic mass is 32.1. The molecule has 1 fully saturated rings. The molecule has 29 heavy (non-hydrogen) atoms. The second-order valence-corrected chi connectivity index (χ2v) is 10.0. The summed E-state index contributed by atoms with van der Waals surface area (Å²) in [7, 11) is 0. The Morgan fingerprint density at radius 3 is 2.48 bits per heavy atom. The molecule has 0 aliphatic carbocycles. The van der Waals surface area contributed by atoms with Gasteiger partial charge in [-0.2, -0.15) is 0 Å². The van der Waals surface area contributed by atoms with E-state index in [-0.39, 0.29) is 0 Å². The number of hydrogen-bond acceptors (Lipinski definition) is 4. The Hall–Kier alpha value is -2.07. The minimum atomic E-state index is 0.378. The molecule has 1 aromatic carbocycles. The molecule has 1 unspecified atom stereocenters. The lowest BCUT2D eigenvalue weighted by molar-refractivity contribution is 0.324. The molecule has 4 heteroatoms. The number of hydrogen-bond donors (Lipinski definition) is 1. The van der Waals surface area contributed by atoms with Gasteiger partial charge in [-0.3, -0.25) is 0 Å². The number of benzene rings is 1. The van der Waals surface area contributed by atoms with Crippen molar-refractivity contribution < 1.29 is 0 Å². The van der Waals surface area contributed by atoms with Crippen molar-refractivity contribution in [2.24, 2.45) is 11.3 Å². The second-order valence-electron chi connectivity index (χ2n) is 9.19. The molecule has 1 atom stereocenters.